The van der Waals surface area contributed by atoms with Crippen molar-refractivity contribution in [2.24, 2.45) is 0 Å². The van der Waals surface area contributed by atoms with Crippen LogP contribution in [0.25, 0.3) is 6.08 Å². The molecule has 0 spiro atoms. The highest BCUT2D eigenvalue weighted by Crippen LogP contribution is 2.35. The summed E-state index contributed by atoms with van der Waals surface area (Å²) in [4.78, 5) is 25.2. The van der Waals surface area contributed by atoms with Crippen LogP contribution in [-0.2, 0) is 9.59 Å². The average molecular weight is 609 g/mol. The Balaban J connectivity index is 1.77. The smallest absolute Gasteiger partial charge is 0.266 e. The molecule has 0 aromatic heterocycles. The number of nitriles is 1. The second-order valence-electron chi connectivity index (χ2n) is 8.41. The highest BCUT2D eigenvalue weighted by atomic mass is 127. The van der Waals surface area contributed by atoms with Gasteiger partial charge >= 0.3 is 0 Å². The number of carbonyl (C=O) groups is 2. The monoisotopic (exact) mass is 609 g/mol. The molecule has 0 unspecified atom stereocenters. The van der Waals surface area contributed by atoms with Crippen LogP contribution >= 0.6 is 22.6 Å². The van der Waals surface area contributed by atoms with Crippen molar-refractivity contribution < 1.29 is 19.1 Å². The molecular formula is C29H28IN3O4. The average Bonchev–Trinajstić information content (AvgIpc) is 2.85. The summed E-state index contributed by atoms with van der Waals surface area (Å²) in [5, 5.41) is 15.2. The number of hydrogen-bond acceptors (Lipinski definition) is 5. The van der Waals surface area contributed by atoms with Crippen molar-refractivity contribution in [2.45, 2.75) is 27.7 Å². The third-order valence-corrected chi connectivity index (χ3v) is 6.12. The van der Waals surface area contributed by atoms with Crippen LogP contribution in [0.5, 0.6) is 11.5 Å². The Kier molecular flexibility index (Phi) is 9.69. The van der Waals surface area contributed by atoms with Crippen LogP contribution in [0.15, 0.2) is 60.2 Å². The first-order valence-electron chi connectivity index (χ1n) is 11.7. The van der Waals surface area contributed by atoms with Crippen LogP contribution in [-0.4, -0.2) is 25.0 Å². The normalized spacial score (nSPS) is 10.9. The molecule has 2 N–H and O–H groups in total. The van der Waals surface area contributed by atoms with Gasteiger partial charge in [-0.25, -0.2) is 0 Å². The van der Waals surface area contributed by atoms with E-state index in [2.05, 4.69) is 33.2 Å². The minimum atomic E-state index is -0.511. The number of hydrogen-bond donors (Lipinski definition) is 2. The van der Waals surface area contributed by atoms with Gasteiger partial charge in [-0.3, -0.25) is 9.59 Å². The topological polar surface area (TPSA) is 100 Å². The van der Waals surface area contributed by atoms with Gasteiger partial charge in [-0.15, -0.1) is 0 Å². The number of anilines is 2. The predicted octanol–water partition coefficient (Wildman–Crippen LogP) is 6.18. The number of aryl methyl sites for hydroxylation is 3. The molecule has 0 bridgehead atoms. The standard InChI is InChI=1S/C29H28IN3O4/c1-5-36-26-15-21(13-22(16-31)29(35)32-23-9-6-18(2)7-10-23)14-24(30)28(26)37-17-27(34)33-25-11-8-19(3)12-20(25)4/h6-15H,5,17H2,1-4H3,(H,32,35)(H,33,34)/b22-13-. The van der Waals surface area contributed by atoms with Gasteiger partial charge in [0.15, 0.2) is 18.1 Å². The van der Waals surface area contributed by atoms with E-state index in [1.165, 1.54) is 6.08 Å². The van der Waals surface area contributed by atoms with Crippen molar-refractivity contribution in [1.29, 1.82) is 5.26 Å². The van der Waals surface area contributed by atoms with Gasteiger partial charge < -0.3 is 20.1 Å². The third-order valence-electron chi connectivity index (χ3n) is 5.32. The minimum absolute atomic E-state index is 0.0552. The summed E-state index contributed by atoms with van der Waals surface area (Å²) in [6.07, 6.45) is 1.49. The lowest BCUT2D eigenvalue weighted by molar-refractivity contribution is -0.118. The lowest BCUT2D eigenvalue weighted by atomic mass is 10.1. The summed E-state index contributed by atoms with van der Waals surface area (Å²) in [5.41, 5.74) is 5.02. The Bertz CT molecular complexity index is 1380. The second kappa shape index (κ2) is 12.9. The summed E-state index contributed by atoms with van der Waals surface area (Å²) in [6, 6.07) is 18.5. The molecule has 190 valence electrons. The Morgan fingerprint density at radius 3 is 2.32 bits per heavy atom. The van der Waals surface area contributed by atoms with Crippen molar-refractivity contribution in [2.75, 3.05) is 23.8 Å². The second-order valence-corrected chi connectivity index (χ2v) is 9.57. The van der Waals surface area contributed by atoms with Gasteiger partial charge in [0.1, 0.15) is 11.6 Å². The van der Waals surface area contributed by atoms with E-state index in [9.17, 15) is 14.9 Å². The van der Waals surface area contributed by atoms with Crippen molar-refractivity contribution in [3.05, 3.63) is 86.0 Å². The number of rotatable bonds is 9. The number of amides is 2. The first-order valence-corrected chi connectivity index (χ1v) is 12.7. The number of benzene rings is 3. The molecule has 3 aromatic rings. The molecule has 0 aliphatic carbocycles. The Hall–Kier alpha value is -3.84. The van der Waals surface area contributed by atoms with Crippen molar-refractivity contribution in [3.63, 3.8) is 0 Å². The maximum atomic E-state index is 12.7. The van der Waals surface area contributed by atoms with E-state index < -0.39 is 5.91 Å². The van der Waals surface area contributed by atoms with Gasteiger partial charge in [-0.1, -0.05) is 35.4 Å². The van der Waals surface area contributed by atoms with E-state index in [1.807, 2.05) is 64.1 Å². The first-order chi connectivity index (χ1) is 17.7. The lowest BCUT2D eigenvalue weighted by Gasteiger charge is -2.15. The van der Waals surface area contributed by atoms with Crippen LogP contribution < -0.4 is 20.1 Å². The lowest BCUT2D eigenvalue weighted by Crippen LogP contribution is -2.21. The Morgan fingerprint density at radius 1 is 0.973 bits per heavy atom. The summed E-state index contributed by atoms with van der Waals surface area (Å²) in [7, 11) is 0. The fraction of sp³-hybridized carbons (Fsp3) is 0.207. The number of ether oxygens (including phenoxy) is 2. The minimum Gasteiger partial charge on any atom is -0.490 e. The number of nitrogens with zero attached hydrogens (tertiary/aromatic N) is 1. The van der Waals surface area contributed by atoms with E-state index in [1.54, 1.807) is 24.3 Å². The zero-order valence-corrected chi connectivity index (χ0v) is 23.3. The molecule has 3 aromatic carbocycles. The zero-order chi connectivity index (χ0) is 26.9. The molecule has 0 saturated carbocycles. The zero-order valence-electron chi connectivity index (χ0n) is 21.1. The van der Waals surface area contributed by atoms with E-state index in [0.29, 0.717) is 32.9 Å². The number of carbonyl (C=O) groups excluding carboxylic acids is 2. The van der Waals surface area contributed by atoms with Crippen molar-refractivity contribution >= 4 is 51.9 Å². The summed E-state index contributed by atoms with van der Waals surface area (Å²) in [6.45, 7) is 7.88. The summed E-state index contributed by atoms with van der Waals surface area (Å²) in [5.74, 6) is 0.0191. The molecule has 3 rings (SSSR count). The molecule has 7 nitrogen and oxygen atoms in total. The quantitative estimate of drug-likeness (QED) is 0.172. The van der Waals surface area contributed by atoms with Gasteiger partial charge in [0.2, 0.25) is 0 Å². The maximum Gasteiger partial charge on any atom is 0.266 e. The SMILES string of the molecule is CCOc1cc(/C=C(/C#N)C(=O)Nc2ccc(C)cc2)cc(I)c1OCC(=O)Nc1ccc(C)cc1C. The number of nitrogens with one attached hydrogen (secondary N) is 2. The van der Waals surface area contributed by atoms with Crippen LogP contribution in [0.1, 0.15) is 29.2 Å². The Morgan fingerprint density at radius 2 is 1.68 bits per heavy atom. The highest BCUT2D eigenvalue weighted by Gasteiger charge is 2.16. The molecule has 2 amide bonds. The highest BCUT2D eigenvalue weighted by molar-refractivity contribution is 14.1. The van der Waals surface area contributed by atoms with E-state index >= 15 is 0 Å². The van der Waals surface area contributed by atoms with Crippen LogP contribution in [0.4, 0.5) is 11.4 Å². The molecule has 0 heterocycles. The predicted molar refractivity (Wildman–Crippen MR) is 154 cm³/mol. The summed E-state index contributed by atoms with van der Waals surface area (Å²) >= 11 is 2.08. The van der Waals surface area contributed by atoms with Crippen LogP contribution in [0.3, 0.4) is 0 Å². The molecule has 0 aliphatic heterocycles. The fourth-order valence-electron chi connectivity index (χ4n) is 3.50. The largest absolute Gasteiger partial charge is 0.490 e. The van der Waals surface area contributed by atoms with Gasteiger partial charge in [-0.05, 0) is 97.8 Å². The first kappa shape index (κ1) is 27.7. The van der Waals surface area contributed by atoms with Crippen molar-refractivity contribution in [1.82, 2.24) is 0 Å². The molecular weight excluding hydrogens is 581 g/mol. The van der Waals surface area contributed by atoms with E-state index in [0.717, 1.165) is 22.4 Å². The molecule has 0 aliphatic rings. The maximum absolute atomic E-state index is 12.7. The van der Waals surface area contributed by atoms with Gasteiger partial charge in [-0.2, -0.15) is 5.26 Å². The Labute approximate surface area is 230 Å². The third kappa shape index (κ3) is 7.82. The molecule has 37 heavy (non-hydrogen) atoms. The molecule has 8 heteroatoms. The molecule has 0 fully saturated rings. The molecule has 0 radical (unpaired) electrons. The van der Waals surface area contributed by atoms with Crippen molar-refractivity contribution in [3.8, 4) is 17.6 Å². The number of halogens is 1. The van der Waals surface area contributed by atoms with Gasteiger partial charge in [0, 0.05) is 11.4 Å². The van der Waals surface area contributed by atoms with Gasteiger partial charge in [0.05, 0.1) is 10.2 Å². The van der Waals surface area contributed by atoms with Gasteiger partial charge in [0.25, 0.3) is 11.8 Å². The molecule has 0 atom stereocenters. The van der Waals surface area contributed by atoms with Crippen LogP contribution in [0, 0.1) is 35.7 Å². The van der Waals surface area contributed by atoms with E-state index in [4.69, 9.17) is 9.47 Å². The summed E-state index contributed by atoms with van der Waals surface area (Å²) < 4.78 is 12.3. The van der Waals surface area contributed by atoms with Crippen LogP contribution in [0.2, 0.25) is 0 Å². The fourth-order valence-corrected chi connectivity index (χ4v) is 4.28. The van der Waals surface area contributed by atoms with E-state index in [-0.39, 0.29) is 18.1 Å². The molecule has 0 saturated heterocycles.